The first-order chi connectivity index (χ1) is 13.3. The van der Waals surface area contributed by atoms with Crippen LogP contribution in [0.5, 0.6) is 0 Å². The number of nitrogens with one attached hydrogen (secondary N) is 1. The zero-order valence-electron chi connectivity index (χ0n) is 18.6. The molecule has 0 saturated carbocycles. The minimum absolute atomic E-state index is 0.158. The van der Waals surface area contributed by atoms with Crippen molar-refractivity contribution in [2.75, 3.05) is 52.4 Å². The Balaban J connectivity index is 1.57. The molecule has 0 aromatic heterocycles. The molecule has 28 heavy (non-hydrogen) atoms. The Kier molecular flexibility index (Phi) is 7.62. The van der Waals surface area contributed by atoms with Crippen LogP contribution in [0.1, 0.15) is 59.8 Å². The van der Waals surface area contributed by atoms with Crippen molar-refractivity contribution in [2.45, 2.75) is 77.5 Å². The van der Waals surface area contributed by atoms with Crippen LogP contribution in [0.3, 0.4) is 0 Å². The van der Waals surface area contributed by atoms with Crippen molar-refractivity contribution < 1.29 is 9.53 Å². The van der Waals surface area contributed by atoms with Crippen molar-refractivity contribution in [1.29, 1.82) is 0 Å². The molecule has 3 aliphatic rings. The molecule has 1 amide bonds. The fraction of sp³-hybridized carbons (Fsp3) is 0.955. The van der Waals surface area contributed by atoms with Gasteiger partial charge in [-0.3, -0.25) is 4.90 Å². The van der Waals surface area contributed by atoms with E-state index in [-0.39, 0.29) is 6.09 Å². The van der Waals surface area contributed by atoms with E-state index in [9.17, 15) is 4.79 Å². The van der Waals surface area contributed by atoms with E-state index in [0.29, 0.717) is 6.04 Å². The highest BCUT2D eigenvalue weighted by Crippen LogP contribution is 2.25. The molecule has 3 aliphatic heterocycles. The lowest BCUT2D eigenvalue weighted by Gasteiger charge is -2.44. The van der Waals surface area contributed by atoms with Crippen LogP contribution in [0, 0.1) is 5.92 Å². The first-order valence-corrected chi connectivity index (χ1v) is 11.5. The van der Waals surface area contributed by atoms with E-state index in [1.54, 1.807) is 0 Å². The third-order valence-electron chi connectivity index (χ3n) is 6.65. The summed E-state index contributed by atoms with van der Waals surface area (Å²) in [5.41, 5.74) is -0.424. The van der Waals surface area contributed by atoms with Crippen LogP contribution in [0.25, 0.3) is 0 Å². The van der Waals surface area contributed by atoms with Crippen LogP contribution in [0.15, 0.2) is 0 Å². The number of carbonyl (C=O) groups excluding carboxylic acids is 1. The number of carbonyl (C=O) groups is 1. The summed E-state index contributed by atoms with van der Waals surface area (Å²) in [5.74, 6) is 0.731. The monoisotopic (exact) mass is 394 g/mol. The smallest absolute Gasteiger partial charge is 0.410 e. The van der Waals surface area contributed by atoms with E-state index in [4.69, 9.17) is 4.74 Å². The van der Waals surface area contributed by atoms with Gasteiger partial charge in [0.25, 0.3) is 0 Å². The molecular weight excluding hydrogens is 352 g/mol. The molecule has 0 aliphatic carbocycles. The molecule has 6 heteroatoms. The summed E-state index contributed by atoms with van der Waals surface area (Å²) in [4.78, 5) is 19.8. The van der Waals surface area contributed by atoms with E-state index in [2.05, 4.69) is 22.0 Å². The number of rotatable bonds is 3. The van der Waals surface area contributed by atoms with Gasteiger partial charge in [0.05, 0.1) is 0 Å². The summed E-state index contributed by atoms with van der Waals surface area (Å²) < 4.78 is 5.60. The fourth-order valence-electron chi connectivity index (χ4n) is 5.04. The van der Waals surface area contributed by atoms with Crippen molar-refractivity contribution in [3.63, 3.8) is 0 Å². The van der Waals surface area contributed by atoms with Crippen molar-refractivity contribution in [3.05, 3.63) is 0 Å². The predicted molar refractivity (Wildman–Crippen MR) is 114 cm³/mol. The van der Waals surface area contributed by atoms with Gasteiger partial charge in [0.1, 0.15) is 5.60 Å². The molecule has 3 atom stereocenters. The lowest BCUT2D eigenvalue weighted by molar-refractivity contribution is 0.0245. The lowest BCUT2D eigenvalue weighted by atomic mass is 9.89. The molecule has 3 fully saturated rings. The average Bonchev–Trinajstić information content (AvgIpc) is 2.89. The molecule has 162 valence electrons. The highest BCUT2D eigenvalue weighted by atomic mass is 16.6. The summed E-state index contributed by atoms with van der Waals surface area (Å²) in [5, 5.41) is 3.63. The molecular formula is C22H42N4O2. The van der Waals surface area contributed by atoms with E-state index >= 15 is 0 Å². The average molecular weight is 395 g/mol. The zero-order chi connectivity index (χ0) is 20.1. The van der Waals surface area contributed by atoms with Crippen molar-refractivity contribution in [2.24, 2.45) is 5.92 Å². The maximum Gasteiger partial charge on any atom is 0.410 e. The molecule has 3 heterocycles. The quantitative estimate of drug-likeness (QED) is 0.798. The van der Waals surface area contributed by atoms with Gasteiger partial charge in [0.15, 0.2) is 0 Å². The molecule has 3 unspecified atom stereocenters. The van der Waals surface area contributed by atoms with Crippen LogP contribution >= 0.6 is 0 Å². The third kappa shape index (κ3) is 6.07. The van der Waals surface area contributed by atoms with Gasteiger partial charge < -0.3 is 19.9 Å². The number of ether oxygens (including phenoxy) is 1. The first kappa shape index (κ1) is 21.8. The minimum atomic E-state index is -0.424. The van der Waals surface area contributed by atoms with Crippen LogP contribution in [-0.2, 0) is 4.74 Å². The maximum atomic E-state index is 12.5. The van der Waals surface area contributed by atoms with Crippen molar-refractivity contribution >= 4 is 6.09 Å². The van der Waals surface area contributed by atoms with Gasteiger partial charge in [-0.05, 0) is 72.4 Å². The van der Waals surface area contributed by atoms with E-state index in [1.165, 1.54) is 38.8 Å². The minimum Gasteiger partial charge on any atom is -0.444 e. The molecule has 1 N–H and O–H groups in total. The van der Waals surface area contributed by atoms with Crippen LogP contribution in [0.4, 0.5) is 4.79 Å². The maximum absolute atomic E-state index is 12.5. The predicted octanol–water partition coefficient (Wildman–Crippen LogP) is 2.78. The summed E-state index contributed by atoms with van der Waals surface area (Å²) in [7, 11) is 0. The summed E-state index contributed by atoms with van der Waals surface area (Å²) in [6, 6.07) is 1.32. The Morgan fingerprint density at radius 2 is 1.86 bits per heavy atom. The molecule has 0 radical (unpaired) electrons. The highest BCUT2D eigenvalue weighted by Gasteiger charge is 2.34. The van der Waals surface area contributed by atoms with E-state index in [1.807, 2.05) is 25.7 Å². The lowest BCUT2D eigenvalue weighted by Crippen LogP contribution is -2.56. The highest BCUT2D eigenvalue weighted by molar-refractivity contribution is 5.68. The SMILES string of the molecule is CC1CCCCN1CC1CCNCC1N1CCCN(C(=O)OC(C)(C)C)CC1. The van der Waals surface area contributed by atoms with Gasteiger partial charge in [-0.15, -0.1) is 0 Å². The van der Waals surface area contributed by atoms with Crippen molar-refractivity contribution in [1.82, 2.24) is 20.0 Å². The fourth-order valence-corrected chi connectivity index (χ4v) is 5.04. The summed E-state index contributed by atoms with van der Waals surface area (Å²) in [6.45, 7) is 16.6. The number of nitrogens with zero attached hydrogens (tertiary/aromatic N) is 3. The molecule has 6 nitrogen and oxygen atoms in total. The van der Waals surface area contributed by atoms with Gasteiger partial charge in [-0.1, -0.05) is 6.42 Å². The topological polar surface area (TPSA) is 48.0 Å². The van der Waals surface area contributed by atoms with Crippen LogP contribution in [-0.4, -0.2) is 90.8 Å². The van der Waals surface area contributed by atoms with Crippen LogP contribution in [0.2, 0.25) is 0 Å². The number of amides is 1. The number of likely N-dealkylation sites (tertiary alicyclic amines) is 1. The Morgan fingerprint density at radius 1 is 1.04 bits per heavy atom. The molecule has 0 aromatic carbocycles. The second kappa shape index (κ2) is 9.77. The first-order valence-electron chi connectivity index (χ1n) is 11.5. The van der Waals surface area contributed by atoms with Gasteiger partial charge in [-0.25, -0.2) is 4.79 Å². The second-order valence-corrected chi connectivity index (χ2v) is 10.0. The van der Waals surface area contributed by atoms with E-state index in [0.717, 1.165) is 57.6 Å². The Labute approximate surface area is 171 Å². The van der Waals surface area contributed by atoms with Gasteiger partial charge in [-0.2, -0.15) is 0 Å². The Hall–Kier alpha value is -0.850. The molecule has 3 rings (SSSR count). The largest absolute Gasteiger partial charge is 0.444 e. The zero-order valence-corrected chi connectivity index (χ0v) is 18.6. The standard InChI is InChI=1S/C22H42N4O2/c1-18-8-5-6-11-26(18)17-19-9-10-23-16-20(19)24-12-7-13-25(15-14-24)21(27)28-22(2,3)4/h18-20,23H,5-17H2,1-4H3. The molecule has 0 spiro atoms. The van der Waals surface area contributed by atoms with Gasteiger partial charge in [0.2, 0.25) is 0 Å². The number of hydrogen-bond donors (Lipinski definition) is 1. The summed E-state index contributed by atoms with van der Waals surface area (Å²) >= 11 is 0. The molecule has 3 saturated heterocycles. The molecule has 0 bridgehead atoms. The normalized spacial score (nSPS) is 31.4. The number of piperidine rings is 2. The Bertz CT molecular complexity index is 507. The summed E-state index contributed by atoms with van der Waals surface area (Å²) in [6.07, 6.45) is 6.23. The second-order valence-electron chi connectivity index (χ2n) is 10.0. The van der Waals surface area contributed by atoms with E-state index < -0.39 is 5.60 Å². The van der Waals surface area contributed by atoms with Gasteiger partial charge in [0, 0.05) is 51.4 Å². The number of hydrogen-bond acceptors (Lipinski definition) is 5. The van der Waals surface area contributed by atoms with Crippen molar-refractivity contribution in [3.8, 4) is 0 Å². The van der Waals surface area contributed by atoms with Crippen LogP contribution < -0.4 is 5.32 Å². The Morgan fingerprint density at radius 3 is 2.61 bits per heavy atom. The molecule has 0 aromatic rings. The third-order valence-corrected chi connectivity index (χ3v) is 6.65. The van der Waals surface area contributed by atoms with Gasteiger partial charge >= 0.3 is 6.09 Å².